The number of carbonyl (C=O) groups excluding carboxylic acids is 1. The van der Waals surface area contributed by atoms with Crippen molar-refractivity contribution < 1.29 is 4.79 Å². The fourth-order valence-electron chi connectivity index (χ4n) is 3.17. The van der Waals surface area contributed by atoms with Crippen LogP contribution in [0.5, 0.6) is 0 Å². The van der Waals surface area contributed by atoms with E-state index in [1.54, 1.807) is 12.1 Å². The molecule has 132 valence electrons. The number of hydrogen-bond donors (Lipinski definition) is 3. The van der Waals surface area contributed by atoms with Crippen LogP contribution in [-0.4, -0.2) is 21.6 Å². The number of nitrogens with one attached hydrogen (secondary N) is 2. The highest BCUT2D eigenvalue weighted by molar-refractivity contribution is 6.17. The first-order valence-electron chi connectivity index (χ1n) is 8.58. The number of aryl methyl sites for hydroxylation is 1. The molecule has 0 radical (unpaired) electrons. The molecule has 0 atom stereocenters. The van der Waals surface area contributed by atoms with Gasteiger partial charge in [-0.15, -0.1) is 0 Å². The minimum atomic E-state index is -0.144. The monoisotopic (exact) mass is 354 g/mol. The van der Waals surface area contributed by atoms with Gasteiger partial charge in [0.1, 0.15) is 11.7 Å². The van der Waals surface area contributed by atoms with E-state index in [-0.39, 0.29) is 11.6 Å². The maximum absolute atomic E-state index is 13.1. The van der Waals surface area contributed by atoms with Gasteiger partial charge < -0.3 is 10.7 Å². The number of amidine groups is 1. The number of nitrogen functional groups attached to an aromatic ring is 1. The number of nitrogens with zero attached hydrogens (tertiary/aromatic N) is 1. The summed E-state index contributed by atoms with van der Waals surface area (Å²) in [7, 11) is 0. The van der Waals surface area contributed by atoms with Gasteiger partial charge in [-0.3, -0.25) is 10.2 Å². The van der Waals surface area contributed by atoms with E-state index in [0.29, 0.717) is 33.5 Å². The number of imidazole rings is 1. The summed E-state index contributed by atoms with van der Waals surface area (Å²) in [5.41, 5.74) is 10.6. The van der Waals surface area contributed by atoms with Crippen LogP contribution < -0.4 is 5.73 Å². The predicted molar refractivity (Wildman–Crippen MR) is 107 cm³/mol. The Morgan fingerprint density at radius 1 is 0.963 bits per heavy atom. The van der Waals surface area contributed by atoms with Crippen LogP contribution in [0.2, 0.25) is 0 Å². The lowest BCUT2D eigenvalue weighted by atomic mass is 9.97. The molecule has 5 nitrogen and oxygen atoms in total. The Bertz CT molecular complexity index is 1160. The fraction of sp³-hybridized carbons (Fsp3) is 0.0455. The smallest absolute Gasteiger partial charge is 0.195 e. The molecule has 0 saturated heterocycles. The molecule has 1 aromatic heterocycles. The van der Waals surface area contributed by atoms with Gasteiger partial charge in [-0.25, -0.2) is 4.98 Å². The van der Waals surface area contributed by atoms with Crippen LogP contribution in [0, 0.1) is 12.3 Å². The van der Waals surface area contributed by atoms with Gasteiger partial charge in [-0.05, 0) is 30.2 Å². The number of aromatic nitrogens is 2. The quantitative estimate of drug-likeness (QED) is 0.293. The lowest BCUT2D eigenvalue weighted by Crippen LogP contribution is -2.13. The van der Waals surface area contributed by atoms with Crippen LogP contribution >= 0.6 is 0 Å². The van der Waals surface area contributed by atoms with Gasteiger partial charge in [-0.1, -0.05) is 54.6 Å². The molecule has 3 aromatic carbocycles. The van der Waals surface area contributed by atoms with E-state index in [4.69, 9.17) is 11.1 Å². The number of rotatable bonds is 4. The van der Waals surface area contributed by atoms with Gasteiger partial charge in [-0.2, -0.15) is 0 Å². The molecule has 0 fully saturated rings. The Morgan fingerprint density at radius 3 is 2.30 bits per heavy atom. The van der Waals surface area contributed by atoms with E-state index in [2.05, 4.69) is 9.97 Å². The van der Waals surface area contributed by atoms with Crippen molar-refractivity contribution in [2.75, 3.05) is 0 Å². The molecule has 0 unspecified atom stereocenters. The summed E-state index contributed by atoms with van der Waals surface area (Å²) in [4.78, 5) is 20.7. The topological polar surface area (TPSA) is 95.6 Å². The van der Waals surface area contributed by atoms with E-state index in [9.17, 15) is 4.79 Å². The Morgan fingerprint density at radius 2 is 1.63 bits per heavy atom. The summed E-state index contributed by atoms with van der Waals surface area (Å²) in [5.74, 6) is 0.478. The van der Waals surface area contributed by atoms with Crippen molar-refractivity contribution in [3.8, 4) is 11.1 Å². The second-order valence-electron chi connectivity index (χ2n) is 6.43. The van der Waals surface area contributed by atoms with E-state index in [0.717, 1.165) is 11.1 Å². The van der Waals surface area contributed by atoms with Crippen LogP contribution in [0.1, 0.15) is 27.3 Å². The van der Waals surface area contributed by atoms with Crippen LogP contribution in [0.4, 0.5) is 0 Å². The predicted octanol–water partition coefficient (Wildman–Crippen LogP) is 4.05. The highest BCUT2D eigenvalue weighted by Gasteiger charge is 2.17. The van der Waals surface area contributed by atoms with Crippen molar-refractivity contribution >= 4 is 22.7 Å². The van der Waals surface area contributed by atoms with Gasteiger partial charge in [0.25, 0.3) is 0 Å². The second kappa shape index (κ2) is 6.53. The van der Waals surface area contributed by atoms with E-state index in [1.165, 1.54) is 0 Å². The summed E-state index contributed by atoms with van der Waals surface area (Å²) in [5, 5.41) is 7.72. The molecular weight excluding hydrogens is 336 g/mol. The summed E-state index contributed by atoms with van der Waals surface area (Å²) in [6.07, 6.45) is 0. The molecule has 0 saturated carbocycles. The van der Waals surface area contributed by atoms with Crippen molar-refractivity contribution in [2.45, 2.75) is 6.92 Å². The number of aromatic amines is 1. The molecule has 0 aliphatic heterocycles. The molecule has 4 aromatic rings. The van der Waals surface area contributed by atoms with Crippen LogP contribution in [0.3, 0.4) is 0 Å². The molecule has 0 spiro atoms. The maximum atomic E-state index is 13.1. The zero-order valence-corrected chi connectivity index (χ0v) is 14.8. The minimum Gasteiger partial charge on any atom is -0.384 e. The first-order chi connectivity index (χ1) is 13.0. The molecule has 1 heterocycles. The Hall–Kier alpha value is -3.73. The van der Waals surface area contributed by atoms with Gasteiger partial charge in [0.15, 0.2) is 5.78 Å². The summed E-state index contributed by atoms with van der Waals surface area (Å²) in [6, 6.07) is 20.9. The average Bonchev–Trinajstić information content (AvgIpc) is 3.07. The number of fused-ring (bicyclic) bond motifs is 1. The Labute approximate surface area is 156 Å². The van der Waals surface area contributed by atoms with Crippen molar-refractivity contribution in [3.63, 3.8) is 0 Å². The number of carbonyl (C=O) groups is 1. The standard InChI is InChI=1S/C22H18N4O/c1-13-25-19-12-17(22(23)24)11-18(20(19)26-13)21(27)16-9-7-15(8-10-16)14-5-3-2-4-6-14/h2-12H,1H3,(H3,23,24)(H,25,26). The minimum absolute atomic E-state index is 0.0855. The largest absolute Gasteiger partial charge is 0.384 e. The number of benzene rings is 3. The molecule has 0 bridgehead atoms. The van der Waals surface area contributed by atoms with Gasteiger partial charge >= 0.3 is 0 Å². The lowest BCUT2D eigenvalue weighted by Gasteiger charge is -2.07. The van der Waals surface area contributed by atoms with Crippen molar-refractivity contribution in [3.05, 3.63) is 89.2 Å². The Kier molecular flexibility index (Phi) is 4.05. The average molecular weight is 354 g/mol. The van der Waals surface area contributed by atoms with Crippen molar-refractivity contribution in [2.24, 2.45) is 5.73 Å². The zero-order valence-electron chi connectivity index (χ0n) is 14.8. The van der Waals surface area contributed by atoms with E-state index < -0.39 is 0 Å². The van der Waals surface area contributed by atoms with Crippen LogP contribution in [-0.2, 0) is 0 Å². The first kappa shape index (κ1) is 16.7. The number of hydrogen-bond acceptors (Lipinski definition) is 3. The van der Waals surface area contributed by atoms with Crippen molar-refractivity contribution in [1.29, 1.82) is 5.41 Å². The maximum Gasteiger partial charge on any atom is 0.195 e. The molecule has 4 rings (SSSR count). The highest BCUT2D eigenvalue weighted by Crippen LogP contribution is 2.24. The second-order valence-corrected chi connectivity index (χ2v) is 6.43. The van der Waals surface area contributed by atoms with E-state index >= 15 is 0 Å². The molecular formula is C22H18N4O. The lowest BCUT2D eigenvalue weighted by molar-refractivity contribution is 0.104. The van der Waals surface area contributed by atoms with Gasteiger partial charge in [0, 0.05) is 11.1 Å². The Balaban J connectivity index is 1.77. The third-order valence-electron chi connectivity index (χ3n) is 4.51. The highest BCUT2D eigenvalue weighted by atomic mass is 16.1. The molecule has 27 heavy (non-hydrogen) atoms. The SMILES string of the molecule is Cc1nc2c(C(=O)c3ccc(-c4ccccc4)cc3)cc(C(=N)N)cc2[nH]1. The molecule has 0 aliphatic carbocycles. The number of H-pyrrole nitrogens is 1. The summed E-state index contributed by atoms with van der Waals surface area (Å²) in [6.45, 7) is 1.83. The molecule has 5 heteroatoms. The first-order valence-corrected chi connectivity index (χ1v) is 8.58. The van der Waals surface area contributed by atoms with Gasteiger partial charge in [0.05, 0.1) is 16.6 Å². The zero-order chi connectivity index (χ0) is 19.0. The fourth-order valence-corrected chi connectivity index (χ4v) is 3.17. The molecule has 0 aliphatic rings. The molecule has 4 N–H and O–H groups in total. The van der Waals surface area contributed by atoms with Crippen LogP contribution in [0.15, 0.2) is 66.7 Å². The van der Waals surface area contributed by atoms with Crippen molar-refractivity contribution in [1.82, 2.24) is 9.97 Å². The van der Waals surface area contributed by atoms with Gasteiger partial charge in [0.2, 0.25) is 0 Å². The van der Waals surface area contributed by atoms with E-state index in [1.807, 2.05) is 61.5 Å². The number of nitrogens with two attached hydrogens (primary N) is 1. The van der Waals surface area contributed by atoms with Crippen LogP contribution in [0.25, 0.3) is 22.2 Å². The summed E-state index contributed by atoms with van der Waals surface area (Å²) < 4.78 is 0. The third-order valence-corrected chi connectivity index (χ3v) is 4.51. The number of ketones is 1. The normalized spacial score (nSPS) is 10.9. The molecule has 0 amide bonds. The summed E-state index contributed by atoms with van der Waals surface area (Å²) >= 11 is 0. The third kappa shape index (κ3) is 3.11.